The van der Waals surface area contributed by atoms with E-state index in [1.54, 1.807) is 30.9 Å². The third-order valence-electron chi connectivity index (χ3n) is 5.70. The molecule has 1 N–H and O–H groups in total. The maximum atomic E-state index is 13.1. The van der Waals surface area contributed by atoms with Crippen molar-refractivity contribution in [3.63, 3.8) is 0 Å². The molecular weight excluding hydrogens is 388 g/mol. The molecule has 29 heavy (non-hydrogen) atoms. The van der Waals surface area contributed by atoms with Gasteiger partial charge < -0.3 is 19.7 Å². The van der Waals surface area contributed by atoms with Crippen molar-refractivity contribution in [2.24, 2.45) is 5.92 Å². The van der Waals surface area contributed by atoms with E-state index in [9.17, 15) is 9.59 Å². The lowest BCUT2D eigenvalue weighted by Gasteiger charge is -2.32. The molecule has 1 saturated carbocycles. The van der Waals surface area contributed by atoms with E-state index in [2.05, 4.69) is 5.32 Å². The van der Waals surface area contributed by atoms with Crippen molar-refractivity contribution in [3.8, 4) is 11.5 Å². The summed E-state index contributed by atoms with van der Waals surface area (Å²) < 4.78 is 10.8. The molecule has 1 heterocycles. The second-order valence-electron chi connectivity index (χ2n) is 8.06. The molecule has 2 fully saturated rings. The van der Waals surface area contributed by atoms with Crippen molar-refractivity contribution in [1.29, 1.82) is 0 Å². The summed E-state index contributed by atoms with van der Waals surface area (Å²) in [6.45, 7) is 3.76. The average Bonchev–Trinajstić information content (AvgIpc) is 3.18. The van der Waals surface area contributed by atoms with Crippen molar-refractivity contribution in [3.05, 3.63) is 23.8 Å². The van der Waals surface area contributed by atoms with Gasteiger partial charge in [0.2, 0.25) is 11.8 Å². The highest BCUT2D eigenvalue weighted by atomic mass is 32.2. The lowest BCUT2D eigenvalue weighted by Crippen LogP contribution is -2.51. The smallest absolute Gasteiger partial charge is 0.243 e. The molecule has 6 nitrogen and oxygen atoms in total. The van der Waals surface area contributed by atoms with Gasteiger partial charge in [-0.15, -0.1) is 11.8 Å². The van der Waals surface area contributed by atoms with Gasteiger partial charge in [0.05, 0.1) is 14.2 Å². The molecule has 0 radical (unpaired) electrons. The van der Waals surface area contributed by atoms with E-state index in [1.165, 1.54) is 6.42 Å². The summed E-state index contributed by atoms with van der Waals surface area (Å²) in [4.78, 5) is 28.0. The molecule has 2 unspecified atom stereocenters. The van der Waals surface area contributed by atoms with Crippen molar-refractivity contribution in [2.75, 3.05) is 20.0 Å². The van der Waals surface area contributed by atoms with E-state index in [-0.39, 0.29) is 29.1 Å². The largest absolute Gasteiger partial charge is 0.493 e. The van der Waals surface area contributed by atoms with Crippen molar-refractivity contribution in [1.82, 2.24) is 10.2 Å². The second-order valence-corrected chi connectivity index (χ2v) is 9.17. The summed E-state index contributed by atoms with van der Waals surface area (Å²) in [6, 6.07) is 5.48. The third kappa shape index (κ3) is 4.82. The number of thioether (sulfide) groups is 1. The number of ether oxygens (including phenoxy) is 2. The van der Waals surface area contributed by atoms with E-state index in [1.807, 2.05) is 32.0 Å². The van der Waals surface area contributed by atoms with Crippen LogP contribution in [-0.2, 0) is 9.59 Å². The molecule has 1 saturated heterocycles. The van der Waals surface area contributed by atoms with Gasteiger partial charge in [0.25, 0.3) is 0 Å². The van der Waals surface area contributed by atoms with Crippen LogP contribution in [-0.4, -0.2) is 48.8 Å². The van der Waals surface area contributed by atoms with Crippen LogP contribution in [0.3, 0.4) is 0 Å². The maximum absolute atomic E-state index is 13.1. The van der Waals surface area contributed by atoms with E-state index in [4.69, 9.17) is 9.47 Å². The number of carbonyl (C=O) groups excluding carboxylic acids is 2. The lowest BCUT2D eigenvalue weighted by atomic mass is 9.95. The van der Waals surface area contributed by atoms with E-state index < -0.39 is 6.04 Å². The minimum absolute atomic E-state index is 0.00132. The Labute approximate surface area is 177 Å². The van der Waals surface area contributed by atoms with Crippen LogP contribution in [0.15, 0.2) is 18.2 Å². The first kappa shape index (κ1) is 21.8. The van der Waals surface area contributed by atoms with Gasteiger partial charge in [-0.3, -0.25) is 9.59 Å². The molecule has 2 amide bonds. The van der Waals surface area contributed by atoms with Crippen LogP contribution >= 0.6 is 11.8 Å². The van der Waals surface area contributed by atoms with Gasteiger partial charge in [-0.25, -0.2) is 0 Å². The molecule has 7 heteroatoms. The van der Waals surface area contributed by atoms with Gasteiger partial charge in [-0.05, 0) is 30.5 Å². The number of nitrogens with one attached hydrogen (secondary N) is 1. The van der Waals surface area contributed by atoms with Crippen molar-refractivity contribution in [2.45, 2.75) is 63.4 Å². The monoisotopic (exact) mass is 420 g/mol. The van der Waals surface area contributed by atoms with Crippen LogP contribution in [0.5, 0.6) is 11.5 Å². The molecule has 2 aliphatic rings. The molecule has 1 aromatic carbocycles. The van der Waals surface area contributed by atoms with Crippen molar-refractivity contribution >= 4 is 23.6 Å². The second kappa shape index (κ2) is 9.74. The van der Waals surface area contributed by atoms with E-state index >= 15 is 0 Å². The number of nitrogens with zero attached hydrogens (tertiary/aromatic N) is 1. The normalized spacial score (nSPS) is 22.6. The number of carbonyl (C=O) groups is 2. The molecule has 0 aromatic heterocycles. The van der Waals surface area contributed by atoms with Gasteiger partial charge >= 0.3 is 0 Å². The quantitative estimate of drug-likeness (QED) is 0.759. The average molecular weight is 421 g/mol. The molecule has 160 valence electrons. The summed E-state index contributed by atoms with van der Waals surface area (Å²) in [5.41, 5.74) is 0.939. The Bertz CT molecular complexity index is 734. The highest BCUT2D eigenvalue weighted by Crippen LogP contribution is 2.44. The fraction of sp³-hybridized carbons (Fsp3) is 0.636. The Morgan fingerprint density at radius 3 is 2.41 bits per heavy atom. The van der Waals surface area contributed by atoms with Crippen LogP contribution in [0, 0.1) is 5.92 Å². The van der Waals surface area contributed by atoms with Crippen LogP contribution in [0.25, 0.3) is 0 Å². The maximum Gasteiger partial charge on any atom is 0.243 e. The highest BCUT2D eigenvalue weighted by Gasteiger charge is 2.43. The zero-order chi connectivity index (χ0) is 21.0. The summed E-state index contributed by atoms with van der Waals surface area (Å²) in [5, 5.41) is 2.99. The molecular formula is C22H32N2O4S. The molecule has 2 atom stereocenters. The Hall–Kier alpha value is -1.89. The van der Waals surface area contributed by atoms with Crippen molar-refractivity contribution < 1.29 is 19.1 Å². The molecule has 1 aromatic rings. The van der Waals surface area contributed by atoms with Crippen LogP contribution in [0.1, 0.15) is 56.9 Å². The Morgan fingerprint density at radius 1 is 1.10 bits per heavy atom. The Kier molecular flexibility index (Phi) is 7.33. The predicted molar refractivity (Wildman–Crippen MR) is 115 cm³/mol. The summed E-state index contributed by atoms with van der Waals surface area (Å²) in [5.74, 6) is 1.65. The molecule has 3 rings (SSSR count). The summed E-state index contributed by atoms with van der Waals surface area (Å²) >= 11 is 1.63. The van der Waals surface area contributed by atoms with Gasteiger partial charge in [0.15, 0.2) is 11.5 Å². The first-order valence-electron chi connectivity index (χ1n) is 10.4. The van der Waals surface area contributed by atoms with Crippen LogP contribution < -0.4 is 14.8 Å². The standard InChI is InChI=1S/C22H32N2O4S/c1-14(2)21(26)24-17(20(25)23-16-8-6-5-7-9-16)13-29-22(24)15-10-11-18(27-3)19(12-15)28-4/h10-12,14,16-17,22H,5-9,13H2,1-4H3,(H,23,25). The SMILES string of the molecule is COc1ccc(C2SCC(C(=O)NC3CCCCC3)N2C(=O)C(C)C)cc1OC. The number of rotatable bonds is 6. The topological polar surface area (TPSA) is 67.9 Å². The summed E-state index contributed by atoms with van der Waals surface area (Å²) in [6.07, 6.45) is 5.62. The molecule has 1 aliphatic carbocycles. The molecule has 0 bridgehead atoms. The Balaban J connectivity index is 1.84. The van der Waals surface area contributed by atoms with E-state index in [0.717, 1.165) is 31.2 Å². The predicted octanol–water partition coefficient (Wildman–Crippen LogP) is 3.75. The van der Waals surface area contributed by atoms with E-state index in [0.29, 0.717) is 17.3 Å². The number of benzene rings is 1. The number of methoxy groups -OCH3 is 2. The fourth-order valence-corrected chi connectivity index (χ4v) is 5.51. The molecule has 0 spiro atoms. The highest BCUT2D eigenvalue weighted by molar-refractivity contribution is 7.99. The first-order chi connectivity index (χ1) is 14.0. The van der Waals surface area contributed by atoms with Crippen LogP contribution in [0.4, 0.5) is 0 Å². The molecule has 1 aliphatic heterocycles. The van der Waals surface area contributed by atoms with Gasteiger partial charge in [-0.1, -0.05) is 39.2 Å². The third-order valence-corrected chi connectivity index (χ3v) is 7.02. The fourth-order valence-electron chi connectivity index (χ4n) is 4.08. The van der Waals surface area contributed by atoms with Gasteiger partial charge in [0.1, 0.15) is 11.4 Å². The number of hydrogen-bond donors (Lipinski definition) is 1. The Morgan fingerprint density at radius 2 is 1.79 bits per heavy atom. The minimum atomic E-state index is -0.449. The van der Waals surface area contributed by atoms with Gasteiger partial charge in [-0.2, -0.15) is 0 Å². The number of amides is 2. The zero-order valence-electron chi connectivity index (χ0n) is 17.8. The number of hydrogen-bond acceptors (Lipinski definition) is 5. The zero-order valence-corrected chi connectivity index (χ0v) is 18.6. The lowest BCUT2D eigenvalue weighted by molar-refractivity contribution is -0.142. The summed E-state index contributed by atoms with van der Waals surface area (Å²) in [7, 11) is 3.20. The first-order valence-corrected chi connectivity index (χ1v) is 11.5. The van der Waals surface area contributed by atoms with Gasteiger partial charge in [0, 0.05) is 17.7 Å². The van der Waals surface area contributed by atoms with Crippen LogP contribution in [0.2, 0.25) is 0 Å². The minimum Gasteiger partial charge on any atom is -0.493 e.